The number of rotatable bonds is 3. The number of aromatic nitrogens is 2. The maximum Gasteiger partial charge on any atom is 0.285 e. The zero-order valence-corrected chi connectivity index (χ0v) is 16.0. The minimum Gasteiger partial charge on any atom is -0.349 e. The predicted molar refractivity (Wildman–Crippen MR) is 100 cm³/mol. The molecule has 1 atom stereocenters. The van der Waals surface area contributed by atoms with E-state index in [1.165, 1.54) is 6.42 Å². The zero-order valence-electron chi connectivity index (χ0n) is 16.0. The molecule has 142 valence electrons. The lowest BCUT2D eigenvalue weighted by Crippen LogP contribution is -2.39. The molecule has 2 fully saturated rings. The topological polar surface area (TPSA) is 67.2 Å². The molecule has 1 amide bonds. The van der Waals surface area contributed by atoms with Crippen LogP contribution in [0.2, 0.25) is 0 Å². The largest absolute Gasteiger partial charge is 0.349 e. The molecule has 1 aliphatic carbocycles. The van der Waals surface area contributed by atoms with Gasteiger partial charge in [0.05, 0.1) is 0 Å². The van der Waals surface area contributed by atoms with Crippen LogP contribution in [0.25, 0.3) is 0 Å². The van der Waals surface area contributed by atoms with Crippen molar-refractivity contribution in [2.75, 3.05) is 13.1 Å². The number of hydrogen-bond donors (Lipinski definition) is 1. The fraction of sp³-hybridized carbons (Fsp3) is 0.750. The van der Waals surface area contributed by atoms with E-state index in [1.807, 2.05) is 0 Å². The maximum absolute atomic E-state index is 12.6. The first kappa shape index (κ1) is 17.7. The van der Waals surface area contributed by atoms with Crippen LogP contribution in [0.5, 0.6) is 0 Å². The van der Waals surface area contributed by atoms with Crippen molar-refractivity contribution in [1.82, 2.24) is 19.8 Å². The number of amides is 1. The van der Waals surface area contributed by atoms with Gasteiger partial charge in [-0.1, -0.05) is 19.3 Å². The molecule has 1 N–H and O–H groups in total. The molecule has 26 heavy (non-hydrogen) atoms. The van der Waals surface area contributed by atoms with E-state index in [9.17, 15) is 9.59 Å². The Bertz CT molecular complexity index is 751. The van der Waals surface area contributed by atoms with E-state index in [1.54, 1.807) is 6.20 Å². The van der Waals surface area contributed by atoms with E-state index in [4.69, 9.17) is 0 Å². The van der Waals surface area contributed by atoms with Crippen LogP contribution in [0, 0.1) is 5.41 Å². The summed E-state index contributed by atoms with van der Waals surface area (Å²) in [7, 11) is 0. The smallest absolute Gasteiger partial charge is 0.285 e. The summed E-state index contributed by atoms with van der Waals surface area (Å²) >= 11 is 0. The highest BCUT2D eigenvalue weighted by atomic mass is 16.2. The van der Waals surface area contributed by atoms with Gasteiger partial charge in [0.25, 0.3) is 11.5 Å². The molecule has 1 aromatic rings. The van der Waals surface area contributed by atoms with E-state index in [0.29, 0.717) is 6.04 Å². The Hall–Kier alpha value is -1.69. The van der Waals surface area contributed by atoms with Gasteiger partial charge in [-0.2, -0.15) is 4.98 Å². The monoisotopic (exact) mass is 358 g/mol. The number of hydrogen-bond acceptors (Lipinski definition) is 4. The summed E-state index contributed by atoms with van der Waals surface area (Å²) in [6.45, 7) is 7.48. The van der Waals surface area contributed by atoms with Gasteiger partial charge in [0, 0.05) is 43.2 Å². The van der Waals surface area contributed by atoms with Crippen molar-refractivity contribution in [3.63, 3.8) is 0 Å². The van der Waals surface area contributed by atoms with Gasteiger partial charge >= 0.3 is 0 Å². The summed E-state index contributed by atoms with van der Waals surface area (Å²) in [5, 5.41) is 3.05. The molecule has 3 aliphatic rings. The SMILES string of the molecule is CC(C)N1CC[C@]2(Cc3nc(=O)c(C(=O)NC4CCCCC4)cn3C2)C1. The highest BCUT2D eigenvalue weighted by Crippen LogP contribution is 2.40. The lowest BCUT2D eigenvalue weighted by Gasteiger charge is -2.25. The van der Waals surface area contributed by atoms with Crippen LogP contribution < -0.4 is 10.9 Å². The fourth-order valence-corrected chi connectivity index (χ4v) is 4.91. The summed E-state index contributed by atoms with van der Waals surface area (Å²) in [5.41, 5.74) is 0.00485. The molecule has 6 heteroatoms. The predicted octanol–water partition coefficient (Wildman–Crippen LogP) is 1.96. The number of nitrogens with zero attached hydrogens (tertiary/aromatic N) is 3. The lowest BCUT2D eigenvalue weighted by atomic mass is 9.86. The standard InChI is InChI=1S/C20H30N4O2/c1-14(2)23-9-8-20(12-23)10-17-22-19(26)16(11-24(17)13-20)18(25)21-15-6-4-3-5-7-15/h11,14-15H,3-10,12-13H2,1-2H3,(H,21,25)/t20-/m0/s1. The highest BCUT2D eigenvalue weighted by Gasteiger charge is 2.44. The van der Waals surface area contributed by atoms with Crippen LogP contribution in [-0.4, -0.2) is 45.5 Å². The number of fused-ring (bicyclic) bond motifs is 1. The van der Waals surface area contributed by atoms with E-state index in [2.05, 4.69) is 33.6 Å². The van der Waals surface area contributed by atoms with Crippen molar-refractivity contribution in [2.24, 2.45) is 5.41 Å². The molecule has 1 saturated heterocycles. The molecule has 6 nitrogen and oxygen atoms in total. The van der Waals surface area contributed by atoms with E-state index < -0.39 is 0 Å². The van der Waals surface area contributed by atoms with Gasteiger partial charge < -0.3 is 14.8 Å². The van der Waals surface area contributed by atoms with Crippen LogP contribution in [0.3, 0.4) is 0 Å². The Balaban J connectivity index is 1.50. The molecule has 1 spiro atoms. The fourth-order valence-electron chi connectivity index (χ4n) is 4.91. The Morgan fingerprint density at radius 3 is 2.73 bits per heavy atom. The third-order valence-corrected chi connectivity index (χ3v) is 6.50. The summed E-state index contributed by atoms with van der Waals surface area (Å²) in [4.78, 5) is 31.8. The first-order valence-corrected chi connectivity index (χ1v) is 10.1. The average molecular weight is 358 g/mol. The average Bonchev–Trinajstić information content (AvgIpc) is 3.18. The molecular formula is C20H30N4O2. The molecular weight excluding hydrogens is 328 g/mol. The first-order chi connectivity index (χ1) is 12.5. The molecule has 0 unspecified atom stereocenters. The Morgan fingerprint density at radius 1 is 1.27 bits per heavy atom. The number of carbonyl (C=O) groups is 1. The van der Waals surface area contributed by atoms with Crippen molar-refractivity contribution in [3.05, 3.63) is 27.9 Å². The van der Waals surface area contributed by atoms with E-state index >= 15 is 0 Å². The second-order valence-corrected chi connectivity index (χ2v) is 8.80. The van der Waals surface area contributed by atoms with Crippen LogP contribution in [0.15, 0.2) is 11.0 Å². The lowest BCUT2D eigenvalue weighted by molar-refractivity contribution is 0.0925. The Labute approximate surface area is 155 Å². The Kier molecular flexibility index (Phi) is 4.63. The molecule has 1 aromatic heterocycles. The van der Waals surface area contributed by atoms with Crippen molar-refractivity contribution in [2.45, 2.75) is 77.4 Å². The van der Waals surface area contributed by atoms with Crippen molar-refractivity contribution >= 4 is 5.91 Å². The molecule has 3 heterocycles. The van der Waals surface area contributed by atoms with Gasteiger partial charge in [-0.15, -0.1) is 0 Å². The Morgan fingerprint density at radius 2 is 2.04 bits per heavy atom. The summed E-state index contributed by atoms with van der Waals surface area (Å²) < 4.78 is 2.06. The molecule has 4 rings (SSSR count). The summed E-state index contributed by atoms with van der Waals surface area (Å²) in [6, 6.07) is 0.748. The normalized spacial score (nSPS) is 26.6. The van der Waals surface area contributed by atoms with Crippen LogP contribution in [0.1, 0.15) is 68.6 Å². The van der Waals surface area contributed by atoms with Gasteiger partial charge in [0.2, 0.25) is 0 Å². The van der Waals surface area contributed by atoms with Crippen LogP contribution in [0.4, 0.5) is 0 Å². The quantitative estimate of drug-likeness (QED) is 0.897. The maximum atomic E-state index is 12.6. The number of likely N-dealkylation sites (tertiary alicyclic amines) is 1. The first-order valence-electron chi connectivity index (χ1n) is 10.1. The molecule has 2 aliphatic heterocycles. The van der Waals surface area contributed by atoms with Crippen molar-refractivity contribution < 1.29 is 4.79 Å². The van der Waals surface area contributed by atoms with E-state index in [-0.39, 0.29) is 28.5 Å². The third-order valence-electron chi connectivity index (χ3n) is 6.50. The minimum absolute atomic E-state index is 0.176. The van der Waals surface area contributed by atoms with Crippen LogP contribution in [-0.2, 0) is 13.0 Å². The van der Waals surface area contributed by atoms with Gasteiger partial charge in [-0.05, 0) is 39.7 Å². The van der Waals surface area contributed by atoms with Crippen molar-refractivity contribution in [1.29, 1.82) is 0 Å². The zero-order chi connectivity index (χ0) is 18.3. The van der Waals surface area contributed by atoms with Gasteiger partial charge in [0.1, 0.15) is 11.4 Å². The molecule has 0 aromatic carbocycles. The van der Waals surface area contributed by atoms with Crippen LogP contribution >= 0.6 is 0 Å². The third kappa shape index (κ3) is 3.31. The van der Waals surface area contributed by atoms with E-state index in [0.717, 1.165) is 64.0 Å². The summed E-state index contributed by atoms with van der Waals surface area (Å²) in [5.74, 6) is 0.593. The molecule has 0 bridgehead atoms. The van der Waals surface area contributed by atoms with Gasteiger partial charge in [-0.25, -0.2) is 0 Å². The second kappa shape index (κ2) is 6.80. The summed E-state index contributed by atoms with van der Waals surface area (Å²) in [6.07, 6.45) is 9.31. The highest BCUT2D eigenvalue weighted by molar-refractivity contribution is 5.93. The van der Waals surface area contributed by atoms with Gasteiger partial charge in [-0.3, -0.25) is 9.59 Å². The number of carbonyl (C=O) groups excluding carboxylic acids is 1. The molecule has 0 radical (unpaired) electrons. The van der Waals surface area contributed by atoms with Gasteiger partial charge in [0.15, 0.2) is 0 Å². The number of nitrogens with one attached hydrogen (secondary N) is 1. The minimum atomic E-state index is -0.375. The van der Waals surface area contributed by atoms with Crippen molar-refractivity contribution in [3.8, 4) is 0 Å². The second-order valence-electron chi connectivity index (χ2n) is 8.80. The molecule has 1 saturated carbocycles.